The highest BCUT2D eigenvalue weighted by Gasteiger charge is 2.07. The van der Waals surface area contributed by atoms with Crippen LogP contribution in [0, 0.1) is 0 Å². The van der Waals surface area contributed by atoms with Crippen LogP contribution in [0.5, 0.6) is 5.75 Å². The average molecular weight is 233 g/mol. The summed E-state index contributed by atoms with van der Waals surface area (Å²) in [5, 5.41) is 2.08. The molecule has 0 saturated heterocycles. The van der Waals surface area contributed by atoms with E-state index in [0.717, 1.165) is 17.7 Å². The SMILES string of the molecule is COc1ccc(C(N)Cc2cccs2)cc1. The number of methoxy groups -OCH3 is 1. The predicted octanol–water partition coefficient (Wildman–Crippen LogP) is 3.00. The molecule has 0 amide bonds. The topological polar surface area (TPSA) is 35.2 Å². The Morgan fingerprint density at radius 2 is 2.00 bits per heavy atom. The molecule has 0 aliphatic carbocycles. The number of hydrogen-bond acceptors (Lipinski definition) is 3. The van der Waals surface area contributed by atoms with Crippen molar-refractivity contribution in [2.45, 2.75) is 12.5 Å². The van der Waals surface area contributed by atoms with E-state index >= 15 is 0 Å². The molecule has 2 nitrogen and oxygen atoms in total. The minimum absolute atomic E-state index is 0.0598. The van der Waals surface area contributed by atoms with Gasteiger partial charge in [-0.2, -0.15) is 0 Å². The zero-order chi connectivity index (χ0) is 11.4. The lowest BCUT2D eigenvalue weighted by molar-refractivity contribution is 0.414. The lowest BCUT2D eigenvalue weighted by Crippen LogP contribution is -2.12. The summed E-state index contributed by atoms with van der Waals surface area (Å²) in [4.78, 5) is 1.32. The molecule has 0 radical (unpaired) electrons. The monoisotopic (exact) mass is 233 g/mol. The van der Waals surface area contributed by atoms with Gasteiger partial charge in [0.25, 0.3) is 0 Å². The van der Waals surface area contributed by atoms with Crippen LogP contribution in [0.15, 0.2) is 41.8 Å². The van der Waals surface area contributed by atoms with Crippen molar-refractivity contribution in [2.75, 3.05) is 7.11 Å². The molecule has 2 N–H and O–H groups in total. The van der Waals surface area contributed by atoms with Crippen molar-refractivity contribution in [3.63, 3.8) is 0 Å². The fourth-order valence-corrected chi connectivity index (χ4v) is 2.38. The van der Waals surface area contributed by atoms with Crippen LogP contribution >= 0.6 is 11.3 Å². The van der Waals surface area contributed by atoms with Gasteiger partial charge in [-0.15, -0.1) is 11.3 Å². The Morgan fingerprint density at radius 1 is 1.25 bits per heavy atom. The standard InChI is InChI=1S/C13H15NOS/c1-15-11-6-4-10(5-7-11)13(14)9-12-3-2-8-16-12/h2-8,13H,9,14H2,1H3. The zero-order valence-electron chi connectivity index (χ0n) is 9.22. The van der Waals surface area contributed by atoms with E-state index in [9.17, 15) is 0 Å². The second-order valence-electron chi connectivity index (χ2n) is 3.66. The number of benzene rings is 1. The Morgan fingerprint density at radius 3 is 2.56 bits per heavy atom. The second-order valence-corrected chi connectivity index (χ2v) is 4.70. The molecule has 0 fully saturated rings. The third-order valence-corrected chi connectivity index (χ3v) is 3.44. The van der Waals surface area contributed by atoms with Crippen LogP contribution in [0.1, 0.15) is 16.5 Å². The molecule has 0 bridgehead atoms. The summed E-state index contributed by atoms with van der Waals surface area (Å²) in [5.41, 5.74) is 7.29. The number of rotatable bonds is 4. The highest BCUT2D eigenvalue weighted by atomic mass is 32.1. The summed E-state index contributed by atoms with van der Waals surface area (Å²) in [5.74, 6) is 0.868. The summed E-state index contributed by atoms with van der Waals surface area (Å²) < 4.78 is 5.12. The average Bonchev–Trinajstić information content (AvgIpc) is 2.82. The van der Waals surface area contributed by atoms with E-state index in [1.54, 1.807) is 18.4 Å². The quantitative estimate of drug-likeness (QED) is 0.881. The molecule has 1 aromatic heterocycles. The molecule has 3 heteroatoms. The van der Waals surface area contributed by atoms with Gasteiger partial charge in [0.05, 0.1) is 7.11 Å². The van der Waals surface area contributed by atoms with E-state index < -0.39 is 0 Å². The largest absolute Gasteiger partial charge is 0.497 e. The van der Waals surface area contributed by atoms with Crippen LogP contribution in [-0.2, 0) is 6.42 Å². The first kappa shape index (κ1) is 11.2. The molecule has 1 unspecified atom stereocenters. The van der Waals surface area contributed by atoms with Crippen LogP contribution in [-0.4, -0.2) is 7.11 Å². The van der Waals surface area contributed by atoms with Crippen LogP contribution in [0.4, 0.5) is 0 Å². The number of hydrogen-bond donors (Lipinski definition) is 1. The Balaban J connectivity index is 2.05. The molecule has 1 atom stereocenters. The molecular formula is C13H15NOS. The van der Waals surface area contributed by atoms with Crippen LogP contribution in [0.2, 0.25) is 0 Å². The maximum absolute atomic E-state index is 6.14. The first-order valence-corrected chi connectivity index (χ1v) is 6.09. The molecule has 0 aliphatic rings. The van der Waals surface area contributed by atoms with E-state index in [4.69, 9.17) is 10.5 Å². The van der Waals surface area contributed by atoms with Gasteiger partial charge in [0.1, 0.15) is 5.75 Å². The minimum Gasteiger partial charge on any atom is -0.497 e. The Kier molecular flexibility index (Phi) is 3.59. The van der Waals surface area contributed by atoms with Crippen molar-refractivity contribution in [2.24, 2.45) is 5.73 Å². The predicted molar refractivity (Wildman–Crippen MR) is 67.9 cm³/mol. The van der Waals surface area contributed by atoms with E-state index in [1.807, 2.05) is 24.3 Å². The number of ether oxygens (including phenoxy) is 1. The maximum Gasteiger partial charge on any atom is 0.118 e. The van der Waals surface area contributed by atoms with Crippen LogP contribution in [0.3, 0.4) is 0 Å². The lowest BCUT2D eigenvalue weighted by Gasteiger charge is -2.11. The van der Waals surface area contributed by atoms with Crippen molar-refractivity contribution < 1.29 is 4.74 Å². The summed E-state index contributed by atoms with van der Waals surface area (Å²) in [6, 6.07) is 12.2. The van der Waals surface area contributed by atoms with Gasteiger partial charge in [0, 0.05) is 17.3 Å². The van der Waals surface area contributed by atoms with Gasteiger partial charge >= 0.3 is 0 Å². The molecular weight excluding hydrogens is 218 g/mol. The van der Waals surface area contributed by atoms with Gasteiger partial charge in [-0.1, -0.05) is 18.2 Å². The van der Waals surface area contributed by atoms with E-state index in [1.165, 1.54) is 4.88 Å². The van der Waals surface area contributed by atoms with Crippen molar-refractivity contribution in [1.82, 2.24) is 0 Å². The molecule has 1 aromatic carbocycles. The smallest absolute Gasteiger partial charge is 0.118 e. The lowest BCUT2D eigenvalue weighted by atomic mass is 10.0. The van der Waals surface area contributed by atoms with Crippen molar-refractivity contribution >= 4 is 11.3 Å². The van der Waals surface area contributed by atoms with Crippen LogP contribution in [0.25, 0.3) is 0 Å². The molecule has 0 spiro atoms. The third-order valence-electron chi connectivity index (χ3n) is 2.55. The Labute approximate surface area is 99.7 Å². The van der Waals surface area contributed by atoms with Crippen molar-refractivity contribution in [3.05, 3.63) is 52.2 Å². The molecule has 0 aliphatic heterocycles. The maximum atomic E-state index is 6.14. The van der Waals surface area contributed by atoms with Gasteiger partial charge in [0.2, 0.25) is 0 Å². The van der Waals surface area contributed by atoms with Gasteiger partial charge in [-0.3, -0.25) is 0 Å². The van der Waals surface area contributed by atoms with Gasteiger partial charge in [-0.25, -0.2) is 0 Å². The second kappa shape index (κ2) is 5.14. The third kappa shape index (κ3) is 2.62. The van der Waals surface area contributed by atoms with E-state index in [2.05, 4.69) is 17.5 Å². The molecule has 2 rings (SSSR count). The summed E-state index contributed by atoms with van der Waals surface area (Å²) >= 11 is 1.75. The highest BCUT2D eigenvalue weighted by Crippen LogP contribution is 2.21. The number of thiophene rings is 1. The highest BCUT2D eigenvalue weighted by molar-refractivity contribution is 7.09. The van der Waals surface area contributed by atoms with E-state index in [0.29, 0.717) is 0 Å². The summed E-state index contributed by atoms with van der Waals surface area (Å²) in [6.45, 7) is 0. The molecule has 16 heavy (non-hydrogen) atoms. The molecule has 84 valence electrons. The van der Waals surface area contributed by atoms with Crippen LogP contribution < -0.4 is 10.5 Å². The minimum atomic E-state index is 0.0598. The zero-order valence-corrected chi connectivity index (χ0v) is 10.0. The van der Waals surface area contributed by atoms with E-state index in [-0.39, 0.29) is 6.04 Å². The number of nitrogens with two attached hydrogens (primary N) is 1. The normalized spacial score (nSPS) is 12.4. The summed E-state index contributed by atoms with van der Waals surface area (Å²) in [7, 11) is 1.67. The van der Waals surface area contributed by atoms with Gasteiger partial charge in [-0.05, 0) is 29.1 Å². The van der Waals surface area contributed by atoms with Gasteiger partial charge < -0.3 is 10.5 Å². The molecule has 2 aromatic rings. The molecule has 1 heterocycles. The van der Waals surface area contributed by atoms with Crippen molar-refractivity contribution in [1.29, 1.82) is 0 Å². The first-order chi connectivity index (χ1) is 7.79. The Bertz CT molecular complexity index is 422. The Hall–Kier alpha value is -1.32. The fraction of sp³-hybridized carbons (Fsp3) is 0.231. The molecule has 0 saturated carbocycles. The van der Waals surface area contributed by atoms with Crippen molar-refractivity contribution in [3.8, 4) is 5.75 Å². The first-order valence-electron chi connectivity index (χ1n) is 5.21. The van der Waals surface area contributed by atoms with Gasteiger partial charge in [0.15, 0.2) is 0 Å². The summed E-state index contributed by atoms with van der Waals surface area (Å²) in [6.07, 6.45) is 0.893. The fourth-order valence-electron chi connectivity index (χ4n) is 1.61.